The molecule has 0 aliphatic rings. The maximum absolute atomic E-state index is 5.29. The van der Waals surface area contributed by atoms with Gasteiger partial charge in [-0.15, -0.1) is 45.3 Å². The van der Waals surface area contributed by atoms with Gasteiger partial charge in [0.2, 0.25) is 0 Å². The maximum Gasteiger partial charge on any atom is 0.164 e. The predicted octanol–water partition coefficient (Wildman–Crippen LogP) is 25.8. The first-order valence-corrected chi connectivity index (χ1v) is 37.6. The van der Waals surface area contributed by atoms with Crippen LogP contribution in [0.2, 0.25) is 0 Å². The van der Waals surface area contributed by atoms with E-state index < -0.39 is 0 Å². The lowest BCUT2D eigenvalue weighted by Gasteiger charge is -2.13. The van der Waals surface area contributed by atoms with Gasteiger partial charge in [0.1, 0.15) is 10.0 Å². The third-order valence-electron chi connectivity index (χ3n) is 19.3. The quantitative estimate of drug-likeness (QED) is 0.125. The molecule has 0 radical (unpaired) electrons. The topological polar surface area (TPSA) is 103 Å². The van der Waals surface area contributed by atoms with Crippen LogP contribution in [0.4, 0.5) is 0 Å². The average Bonchev–Trinajstić information content (AvgIpc) is 1.15. The van der Waals surface area contributed by atoms with Crippen molar-refractivity contribution in [3.63, 3.8) is 0 Å². The van der Waals surface area contributed by atoms with Crippen molar-refractivity contribution in [1.29, 1.82) is 0 Å². The van der Waals surface area contributed by atoms with Gasteiger partial charge in [-0.2, -0.15) is 0 Å². The van der Waals surface area contributed by atoms with Gasteiger partial charge < -0.3 is 0 Å². The van der Waals surface area contributed by atoms with Gasteiger partial charge in [-0.1, -0.05) is 267 Å². The highest BCUT2D eigenvalue weighted by Gasteiger charge is 2.24. The highest BCUT2D eigenvalue weighted by molar-refractivity contribution is 7.28. The van der Waals surface area contributed by atoms with E-state index in [0.717, 1.165) is 98.6 Å². The molecular formula is C92H54N8S4. The Morgan fingerprint density at radius 2 is 0.500 bits per heavy atom. The van der Waals surface area contributed by atoms with E-state index in [1.807, 2.05) is 60.7 Å². The van der Waals surface area contributed by atoms with Gasteiger partial charge in [0, 0.05) is 84.9 Å². The van der Waals surface area contributed by atoms with Crippen LogP contribution in [-0.4, -0.2) is 39.9 Å². The van der Waals surface area contributed by atoms with Crippen molar-refractivity contribution in [2.75, 3.05) is 0 Å². The van der Waals surface area contributed by atoms with Gasteiger partial charge in [-0.25, -0.2) is 39.9 Å². The number of rotatable bonds is 10. The summed E-state index contributed by atoms with van der Waals surface area (Å²) >= 11 is 7.08. The van der Waals surface area contributed by atoms with E-state index in [9.17, 15) is 0 Å². The lowest BCUT2D eigenvalue weighted by molar-refractivity contribution is 1.08. The number of hydrogen-bond acceptors (Lipinski definition) is 12. The molecule has 0 aliphatic heterocycles. The lowest BCUT2D eigenvalue weighted by Crippen LogP contribution is -2.01. The van der Waals surface area contributed by atoms with E-state index in [0.29, 0.717) is 34.9 Å². The maximum atomic E-state index is 5.29. The first-order valence-electron chi connectivity index (χ1n) is 34.4. The summed E-state index contributed by atoms with van der Waals surface area (Å²) in [5.41, 5.74) is 14.6. The largest absolute Gasteiger partial charge is 0.236 e. The smallest absolute Gasteiger partial charge is 0.164 e. The molecule has 6 aromatic heterocycles. The first kappa shape index (κ1) is 61.2. The van der Waals surface area contributed by atoms with Crippen molar-refractivity contribution in [1.82, 2.24) is 39.9 Å². The molecule has 21 rings (SSSR count). The van der Waals surface area contributed by atoms with Gasteiger partial charge in [0.25, 0.3) is 0 Å². The van der Waals surface area contributed by atoms with Crippen molar-refractivity contribution >= 4 is 138 Å². The molecule has 21 aromatic rings. The Hall–Kier alpha value is -12.7. The van der Waals surface area contributed by atoms with E-state index >= 15 is 0 Å². The second kappa shape index (κ2) is 25.7. The van der Waals surface area contributed by atoms with Crippen LogP contribution in [0.1, 0.15) is 0 Å². The molecule has 0 fully saturated rings. The lowest BCUT2D eigenvalue weighted by atomic mass is 9.93. The molecule has 0 bridgehead atoms. The average molecular weight is 1400 g/mol. The molecule has 0 N–H and O–H groups in total. The summed E-state index contributed by atoms with van der Waals surface area (Å²) in [6, 6.07) is 115. The molecule has 0 unspecified atom stereocenters. The minimum atomic E-state index is 0.630. The number of thiophene rings is 2. The van der Waals surface area contributed by atoms with Crippen LogP contribution in [0.5, 0.6) is 0 Å². The highest BCUT2D eigenvalue weighted by Crippen LogP contribution is 2.48. The predicted molar refractivity (Wildman–Crippen MR) is 439 cm³/mol. The van der Waals surface area contributed by atoms with Gasteiger partial charge in [0.05, 0.1) is 20.4 Å². The molecule has 104 heavy (non-hydrogen) atoms. The van der Waals surface area contributed by atoms with E-state index in [2.05, 4.69) is 267 Å². The third kappa shape index (κ3) is 10.9. The van der Waals surface area contributed by atoms with Crippen molar-refractivity contribution in [3.05, 3.63) is 328 Å². The fourth-order valence-electron chi connectivity index (χ4n) is 14.5. The zero-order valence-corrected chi connectivity index (χ0v) is 58.7. The van der Waals surface area contributed by atoms with Crippen LogP contribution in [0.15, 0.2) is 328 Å². The Balaban J connectivity index is 0.000000139. The minimum absolute atomic E-state index is 0.630. The number of aromatic nitrogens is 8. The van der Waals surface area contributed by atoms with Gasteiger partial charge in [-0.3, -0.25) is 0 Å². The number of fused-ring (bicyclic) bond motifs is 14. The molecule has 0 saturated heterocycles. The van der Waals surface area contributed by atoms with Crippen molar-refractivity contribution in [3.8, 4) is 112 Å². The molecule has 6 heterocycles. The number of benzene rings is 15. The van der Waals surface area contributed by atoms with Crippen LogP contribution in [0, 0.1) is 0 Å². The van der Waals surface area contributed by atoms with Crippen LogP contribution < -0.4 is 0 Å². The first-order chi connectivity index (χ1) is 51.5. The summed E-state index contributed by atoms with van der Waals surface area (Å²) in [6.07, 6.45) is 0. The molecule has 0 atom stereocenters. The fourth-order valence-corrected chi connectivity index (χ4v) is 19.1. The second-order valence-electron chi connectivity index (χ2n) is 25.6. The molecule has 12 heteroatoms. The summed E-state index contributed by atoms with van der Waals surface area (Å²) < 4.78 is 7.18. The fraction of sp³-hybridized carbons (Fsp3) is 0. The summed E-state index contributed by atoms with van der Waals surface area (Å²) in [6.45, 7) is 0. The summed E-state index contributed by atoms with van der Waals surface area (Å²) in [7, 11) is 0. The summed E-state index contributed by atoms with van der Waals surface area (Å²) in [5, 5.41) is 14.1. The number of para-hydroxylation sites is 2. The Morgan fingerprint density at radius 3 is 0.952 bits per heavy atom. The van der Waals surface area contributed by atoms with Gasteiger partial charge in [0.15, 0.2) is 34.9 Å². The number of hydrogen-bond donors (Lipinski definition) is 0. The molecule has 8 nitrogen and oxygen atoms in total. The number of nitrogens with zero attached hydrogens (tertiary/aromatic N) is 8. The standard InChI is InChI=1S/C46H26N4S2.C46H28N4S2/c1-2-12-27(13-3-1)43-48-44(28-24-25-33-31-16-5-4-14-29(31)30-15-6-7-17-32(30)37(33)26-28)50-45(49-43)35-19-11-23-40-41(35)34-18-10-20-36(42(34)51-40)46-47-38-21-8-9-22-39(38)52-46;1-4-14-29(15-5-1)32-26-33(30-16-6-2-7-17-30)28-34(27-32)44-48-43(31-18-8-3-9-19-31)49-45(50-44)36-21-13-25-40-41(36)35-20-12-22-37(42(35)51-40)46-47-38-23-10-11-24-39(38)52-46/h1-26H;1-28H. The van der Waals surface area contributed by atoms with Gasteiger partial charge >= 0.3 is 0 Å². The van der Waals surface area contributed by atoms with E-state index in [1.54, 1.807) is 45.3 Å². The normalized spacial score (nSPS) is 11.7. The van der Waals surface area contributed by atoms with Crippen LogP contribution in [0.3, 0.4) is 0 Å². The van der Waals surface area contributed by atoms with Crippen molar-refractivity contribution in [2.45, 2.75) is 0 Å². The van der Waals surface area contributed by atoms with Crippen LogP contribution in [0.25, 0.3) is 205 Å². The SMILES string of the molecule is c1ccc(-c2cc(-c3ccccc3)cc(-c3nc(-c4ccccc4)nc(-c4cccc5sc6c(-c7nc8ccccc8s7)cccc6c45)n3)c2)cc1.c1ccc(-c2nc(-c3ccc4c5ccccc5c5ccccc5c4c3)nc(-c3cccc4sc5c(-c6nc7ccccc7s6)cccc5c34)n2)cc1. The molecule has 486 valence electrons. The Labute approximate surface area is 613 Å². The minimum Gasteiger partial charge on any atom is -0.236 e. The Kier molecular flexibility index (Phi) is 15.1. The van der Waals surface area contributed by atoms with Crippen molar-refractivity contribution in [2.24, 2.45) is 0 Å². The Morgan fingerprint density at radius 1 is 0.173 bits per heavy atom. The molecule has 0 spiro atoms. The third-order valence-corrected chi connectivity index (χ3v) is 23.9. The summed E-state index contributed by atoms with van der Waals surface area (Å²) in [4.78, 5) is 41.2. The van der Waals surface area contributed by atoms with Crippen LogP contribution >= 0.6 is 45.3 Å². The monoisotopic (exact) mass is 1400 g/mol. The summed E-state index contributed by atoms with van der Waals surface area (Å²) in [5.74, 6) is 3.86. The highest BCUT2D eigenvalue weighted by atomic mass is 32.1. The molecular weight excluding hydrogens is 1350 g/mol. The number of thiazole rings is 2. The van der Waals surface area contributed by atoms with Crippen LogP contribution in [-0.2, 0) is 0 Å². The van der Waals surface area contributed by atoms with E-state index in [4.69, 9.17) is 39.9 Å². The van der Waals surface area contributed by atoms with E-state index in [-0.39, 0.29) is 0 Å². The molecule has 15 aromatic carbocycles. The van der Waals surface area contributed by atoms with Gasteiger partial charge in [-0.05, 0) is 115 Å². The van der Waals surface area contributed by atoms with Crippen molar-refractivity contribution < 1.29 is 0 Å². The Bertz CT molecular complexity index is 6770. The molecule has 0 amide bonds. The molecule has 0 saturated carbocycles. The molecule has 0 aliphatic carbocycles. The zero-order valence-electron chi connectivity index (χ0n) is 55.4. The van der Waals surface area contributed by atoms with E-state index in [1.165, 1.54) is 71.3 Å². The second-order valence-corrected chi connectivity index (χ2v) is 29.8. The zero-order chi connectivity index (χ0) is 68.6.